The van der Waals surface area contributed by atoms with E-state index in [1.807, 2.05) is 6.92 Å². The Morgan fingerprint density at radius 1 is 1.27 bits per heavy atom. The summed E-state index contributed by atoms with van der Waals surface area (Å²) in [7, 11) is -0.782. The van der Waals surface area contributed by atoms with Crippen molar-refractivity contribution in [2.45, 2.75) is 17.9 Å². The van der Waals surface area contributed by atoms with Gasteiger partial charge in [-0.15, -0.1) is 0 Å². The van der Waals surface area contributed by atoms with E-state index in [-0.39, 0.29) is 36.6 Å². The van der Waals surface area contributed by atoms with E-state index in [0.29, 0.717) is 12.2 Å². The van der Waals surface area contributed by atoms with E-state index in [1.165, 1.54) is 11.4 Å². The third-order valence-electron chi connectivity index (χ3n) is 4.89. The molecule has 1 aromatic rings. The fourth-order valence-corrected chi connectivity index (χ4v) is 4.89. The molecule has 142 valence electrons. The Morgan fingerprint density at radius 2 is 1.96 bits per heavy atom. The van der Waals surface area contributed by atoms with E-state index in [4.69, 9.17) is 14.2 Å². The van der Waals surface area contributed by atoms with Crippen LogP contribution in [0.15, 0.2) is 40.3 Å². The second-order valence-electron chi connectivity index (χ2n) is 6.52. The minimum Gasteiger partial charge on any atom is -0.466 e. The summed E-state index contributed by atoms with van der Waals surface area (Å²) in [6, 6.07) is 6.74. The number of fused-ring (bicyclic) bond motifs is 1. The molecule has 2 atom stereocenters. The molecule has 0 radical (unpaired) electrons. The minimum absolute atomic E-state index is 0.102. The number of aryl methyl sites for hydroxylation is 1. The molecule has 1 aromatic carbocycles. The Kier molecular flexibility index (Phi) is 5.47. The number of benzene rings is 1. The number of rotatable bonds is 5. The lowest BCUT2D eigenvalue weighted by Crippen LogP contribution is -2.37. The topological polar surface area (TPSA) is 82.1 Å². The first-order chi connectivity index (χ1) is 12.4. The molecule has 2 heterocycles. The molecule has 2 aliphatic rings. The Bertz CT molecular complexity index is 815. The number of hydrogen-bond acceptors (Lipinski definition) is 6. The summed E-state index contributed by atoms with van der Waals surface area (Å²) in [6.07, 6.45) is -0.290. The molecule has 1 saturated heterocycles. The normalized spacial score (nSPS) is 23.8. The second kappa shape index (κ2) is 7.48. The van der Waals surface area contributed by atoms with Crippen molar-refractivity contribution in [2.24, 2.45) is 5.92 Å². The molecule has 8 heteroatoms. The summed E-state index contributed by atoms with van der Waals surface area (Å²) in [4.78, 5) is 12.3. The van der Waals surface area contributed by atoms with Crippen LogP contribution in [0.25, 0.3) is 0 Å². The predicted octanol–water partition coefficient (Wildman–Crippen LogP) is 1.13. The molecule has 2 aliphatic heterocycles. The maximum absolute atomic E-state index is 13.0. The van der Waals surface area contributed by atoms with E-state index < -0.39 is 16.0 Å². The molecule has 0 unspecified atom stereocenters. The first-order valence-electron chi connectivity index (χ1n) is 8.36. The average Bonchev–Trinajstić information content (AvgIpc) is 3.08. The predicted molar refractivity (Wildman–Crippen MR) is 94.1 cm³/mol. The van der Waals surface area contributed by atoms with Crippen LogP contribution >= 0.6 is 0 Å². The molecule has 0 bridgehead atoms. The lowest BCUT2D eigenvalue weighted by atomic mass is 9.90. The standard InChI is InChI=1S/C18H23NO6S/c1-12-4-6-13(7-5-12)26(21,22)19-8-14-15(9-19)17(11-23-2)25-10-16(14)18(20)24-3/h4-7,15,17H,8-11H2,1-3H3/t15-,17+/m0/s1. The molecular formula is C18H23NO6S. The lowest BCUT2D eigenvalue weighted by Gasteiger charge is -2.30. The smallest absolute Gasteiger partial charge is 0.336 e. The Hall–Kier alpha value is -1.74. The van der Waals surface area contributed by atoms with E-state index in [1.54, 1.807) is 31.4 Å². The van der Waals surface area contributed by atoms with Gasteiger partial charge in [0.2, 0.25) is 10.0 Å². The molecule has 0 saturated carbocycles. The zero-order chi connectivity index (χ0) is 18.9. The Labute approximate surface area is 153 Å². The minimum atomic E-state index is -3.66. The van der Waals surface area contributed by atoms with Crippen molar-refractivity contribution < 1.29 is 27.4 Å². The maximum Gasteiger partial charge on any atom is 0.336 e. The van der Waals surface area contributed by atoms with E-state index in [9.17, 15) is 13.2 Å². The SMILES string of the molecule is COC[C@H]1OCC(C(=O)OC)=C2CN(S(=O)(=O)c3ccc(C)cc3)C[C@@H]21. The van der Waals surface area contributed by atoms with Crippen molar-refractivity contribution in [3.05, 3.63) is 41.0 Å². The summed E-state index contributed by atoms with van der Waals surface area (Å²) in [5.74, 6) is -0.700. The highest BCUT2D eigenvalue weighted by molar-refractivity contribution is 7.89. The molecular weight excluding hydrogens is 358 g/mol. The van der Waals surface area contributed by atoms with Crippen molar-refractivity contribution in [3.8, 4) is 0 Å². The lowest BCUT2D eigenvalue weighted by molar-refractivity contribution is -0.138. The molecule has 7 nitrogen and oxygen atoms in total. The van der Waals surface area contributed by atoms with Gasteiger partial charge in [-0.3, -0.25) is 0 Å². The summed E-state index contributed by atoms with van der Waals surface area (Å²) < 4.78 is 43.2. The number of methoxy groups -OCH3 is 2. The number of hydrogen-bond donors (Lipinski definition) is 0. The quantitative estimate of drug-likeness (QED) is 0.711. The van der Waals surface area contributed by atoms with Crippen molar-refractivity contribution in [2.75, 3.05) is 40.5 Å². The highest BCUT2D eigenvalue weighted by Gasteiger charge is 2.44. The van der Waals surface area contributed by atoms with Crippen LogP contribution in [0.3, 0.4) is 0 Å². The van der Waals surface area contributed by atoms with Gasteiger partial charge in [-0.05, 0) is 24.6 Å². The monoisotopic (exact) mass is 381 g/mol. The number of carbonyl (C=O) groups excluding carboxylic acids is 1. The van der Waals surface area contributed by atoms with Crippen LogP contribution in [0, 0.1) is 12.8 Å². The number of carbonyl (C=O) groups is 1. The third-order valence-corrected chi connectivity index (χ3v) is 6.72. The summed E-state index contributed by atoms with van der Waals surface area (Å²) >= 11 is 0. The molecule has 3 rings (SSSR count). The third kappa shape index (κ3) is 3.42. The summed E-state index contributed by atoms with van der Waals surface area (Å²) in [6.45, 7) is 2.75. The second-order valence-corrected chi connectivity index (χ2v) is 8.46. The fraction of sp³-hybridized carbons (Fsp3) is 0.500. The number of esters is 1. The van der Waals surface area contributed by atoms with Crippen molar-refractivity contribution in [1.29, 1.82) is 0 Å². The van der Waals surface area contributed by atoms with Gasteiger partial charge in [-0.25, -0.2) is 13.2 Å². The van der Waals surface area contributed by atoms with Crippen LogP contribution in [0.1, 0.15) is 5.56 Å². The average molecular weight is 381 g/mol. The van der Waals surface area contributed by atoms with Crippen LogP contribution in [0.5, 0.6) is 0 Å². The van der Waals surface area contributed by atoms with Gasteiger partial charge in [-0.1, -0.05) is 17.7 Å². The number of ether oxygens (including phenoxy) is 3. The van der Waals surface area contributed by atoms with Gasteiger partial charge >= 0.3 is 5.97 Å². The van der Waals surface area contributed by atoms with Crippen LogP contribution < -0.4 is 0 Å². The van der Waals surface area contributed by atoms with E-state index in [2.05, 4.69) is 0 Å². The highest BCUT2D eigenvalue weighted by atomic mass is 32.2. The summed E-state index contributed by atoms with van der Waals surface area (Å²) in [5, 5.41) is 0. The van der Waals surface area contributed by atoms with E-state index >= 15 is 0 Å². The van der Waals surface area contributed by atoms with E-state index in [0.717, 1.165) is 11.1 Å². The first kappa shape index (κ1) is 19.0. The van der Waals surface area contributed by atoms with Crippen LogP contribution in [-0.2, 0) is 29.0 Å². The molecule has 0 aliphatic carbocycles. The van der Waals surface area contributed by atoms with Gasteiger partial charge in [0.15, 0.2) is 0 Å². The number of sulfonamides is 1. The Morgan fingerprint density at radius 3 is 2.58 bits per heavy atom. The van der Waals surface area contributed by atoms with Crippen molar-refractivity contribution >= 4 is 16.0 Å². The van der Waals surface area contributed by atoms with Gasteiger partial charge < -0.3 is 14.2 Å². The molecule has 26 heavy (non-hydrogen) atoms. The van der Waals surface area contributed by atoms with Gasteiger partial charge in [0, 0.05) is 26.1 Å². The zero-order valence-electron chi connectivity index (χ0n) is 15.1. The summed E-state index contributed by atoms with van der Waals surface area (Å²) in [5.41, 5.74) is 2.16. The van der Waals surface area contributed by atoms with Gasteiger partial charge in [0.05, 0.1) is 36.9 Å². The molecule has 1 fully saturated rings. The zero-order valence-corrected chi connectivity index (χ0v) is 15.9. The maximum atomic E-state index is 13.0. The van der Waals surface area contributed by atoms with Crippen LogP contribution in [-0.4, -0.2) is 65.3 Å². The fourth-order valence-electron chi connectivity index (χ4n) is 3.45. The van der Waals surface area contributed by atoms with Gasteiger partial charge in [-0.2, -0.15) is 4.31 Å². The van der Waals surface area contributed by atoms with Crippen LogP contribution in [0.2, 0.25) is 0 Å². The van der Waals surface area contributed by atoms with Crippen molar-refractivity contribution in [1.82, 2.24) is 4.31 Å². The number of nitrogens with zero attached hydrogens (tertiary/aromatic N) is 1. The molecule has 0 aromatic heterocycles. The van der Waals surface area contributed by atoms with Crippen LogP contribution in [0.4, 0.5) is 0 Å². The molecule has 0 amide bonds. The Balaban J connectivity index is 1.95. The first-order valence-corrected chi connectivity index (χ1v) is 9.80. The van der Waals surface area contributed by atoms with Crippen molar-refractivity contribution in [3.63, 3.8) is 0 Å². The largest absolute Gasteiger partial charge is 0.466 e. The van der Waals surface area contributed by atoms with Gasteiger partial charge in [0.1, 0.15) is 0 Å². The highest BCUT2D eigenvalue weighted by Crippen LogP contribution is 2.37. The molecule has 0 N–H and O–H groups in total. The van der Waals surface area contributed by atoms with Gasteiger partial charge in [0.25, 0.3) is 0 Å². The molecule has 0 spiro atoms.